The second kappa shape index (κ2) is 5.02. The SMILES string of the molecule is O=C(O)Cc1ncc(I)c(C(F)F)c1Cl. The minimum atomic E-state index is -2.74. The summed E-state index contributed by atoms with van der Waals surface area (Å²) < 4.78 is 25.3. The maximum atomic E-state index is 12.5. The smallest absolute Gasteiger partial charge is 0.309 e. The largest absolute Gasteiger partial charge is 0.481 e. The first-order valence-electron chi connectivity index (χ1n) is 3.76. The molecule has 0 bridgehead atoms. The van der Waals surface area contributed by atoms with Crippen molar-refractivity contribution >= 4 is 40.2 Å². The number of nitrogens with zero attached hydrogens (tertiary/aromatic N) is 1. The summed E-state index contributed by atoms with van der Waals surface area (Å²) in [5.41, 5.74) is -0.400. The van der Waals surface area contributed by atoms with E-state index in [1.54, 1.807) is 22.6 Å². The van der Waals surface area contributed by atoms with E-state index in [4.69, 9.17) is 16.7 Å². The lowest BCUT2D eigenvalue weighted by Crippen LogP contribution is -2.06. The van der Waals surface area contributed by atoms with Crippen LogP contribution in [0.4, 0.5) is 8.78 Å². The quantitative estimate of drug-likeness (QED) is 0.856. The summed E-state index contributed by atoms with van der Waals surface area (Å²) in [4.78, 5) is 14.1. The molecule has 82 valence electrons. The van der Waals surface area contributed by atoms with Crippen molar-refractivity contribution in [1.29, 1.82) is 0 Å². The van der Waals surface area contributed by atoms with Crippen molar-refractivity contribution in [1.82, 2.24) is 4.98 Å². The molecule has 0 unspecified atom stereocenters. The Kier molecular flexibility index (Phi) is 4.21. The van der Waals surface area contributed by atoms with Crippen LogP contribution >= 0.6 is 34.2 Å². The molecule has 0 aromatic carbocycles. The van der Waals surface area contributed by atoms with Crippen LogP contribution in [0, 0.1) is 3.57 Å². The zero-order chi connectivity index (χ0) is 11.6. The predicted octanol–water partition coefficient (Wildman–Crippen LogP) is 2.90. The molecule has 7 heteroatoms. The number of aromatic nitrogens is 1. The molecular formula is C8H5ClF2INO2. The molecule has 1 heterocycles. The topological polar surface area (TPSA) is 50.2 Å². The number of carboxylic acid groups (broad SMARTS) is 1. The Morgan fingerprint density at radius 1 is 1.67 bits per heavy atom. The lowest BCUT2D eigenvalue weighted by molar-refractivity contribution is -0.136. The van der Waals surface area contributed by atoms with Crippen molar-refractivity contribution in [3.63, 3.8) is 0 Å². The minimum absolute atomic E-state index is 0.0418. The molecular weight excluding hydrogens is 342 g/mol. The van der Waals surface area contributed by atoms with Crippen molar-refractivity contribution < 1.29 is 18.7 Å². The van der Waals surface area contributed by atoms with Crippen molar-refractivity contribution in [3.8, 4) is 0 Å². The highest BCUT2D eigenvalue weighted by Gasteiger charge is 2.20. The molecule has 0 aliphatic carbocycles. The van der Waals surface area contributed by atoms with Crippen LogP contribution in [0.1, 0.15) is 17.7 Å². The number of carbonyl (C=O) groups is 1. The van der Waals surface area contributed by atoms with Crippen molar-refractivity contribution in [2.24, 2.45) is 0 Å². The van der Waals surface area contributed by atoms with Crippen LogP contribution in [0.2, 0.25) is 5.02 Å². The molecule has 3 nitrogen and oxygen atoms in total. The van der Waals surface area contributed by atoms with Gasteiger partial charge in [0, 0.05) is 9.77 Å². The molecule has 0 atom stereocenters. The third kappa shape index (κ3) is 2.97. The van der Waals surface area contributed by atoms with Crippen LogP contribution in [0.3, 0.4) is 0 Å². The number of alkyl halides is 2. The van der Waals surface area contributed by atoms with E-state index >= 15 is 0 Å². The molecule has 0 fully saturated rings. The monoisotopic (exact) mass is 347 g/mol. The molecule has 0 saturated heterocycles. The Bertz CT molecular complexity index is 400. The molecule has 15 heavy (non-hydrogen) atoms. The zero-order valence-corrected chi connectivity index (χ0v) is 10.1. The van der Waals surface area contributed by atoms with E-state index in [1.807, 2.05) is 0 Å². The van der Waals surface area contributed by atoms with Gasteiger partial charge in [-0.25, -0.2) is 8.78 Å². The van der Waals surface area contributed by atoms with E-state index in [0.29, 0.717) is 0 Å². The Hall–Kier alpha value is -0.500. The van der Waals surface area contributed by atoms with Gasteiger partial charge in [0.05, 0.1) is 22.7 Å². The van der Waals surface area contributed by atoms with Crippen molar-refractivity contribution in [3.05, 3.63) is 26.0 Å². The van der Waals surface area contributed by atoms with Gasteiger partial charge in [-0.1, -0.05) is 11.6 Å². The maximum absolute atomic E-state index is 12.5. The molecule has 0 saturated carbocycles. The highest BCUT2D eigenvalue weighted by Crippen LogP contribution is 2.32. The van der Waals surface area contributed by atoms with Gasteiger partial charge in [-0.15, -0.1) is 0 Å². The second-order valence-corrected chi connectivity index (χ2v) is 4.19. The summed E-state index contributed by atoms with van der Waals surface area (Å²) in [6, 6.07) is 0. The van der Waals surface area contributed by atoms with Crippen LogP contribution in [-0.2, 0) is 11.2 Å². The zero-order valence-electron chi connectivity index (χ0n) is 7.18. The van der Waals surface area contributed by atoms with E-state index in [-0.39, 0.29) is 19.9 Å². The summed E-state index contributed by atoms with van der Waals surface area (Å²) >= 11 is 7.32. The van der Waals surface area contributed by atoms with Crippen LogP contribution in [0.15, 0.2) is 6.20 Å². The van der Waals surface area contributed by atoms with Gasteiger partial charge in [0.1, 0.15) is 0 Å². The van der Waals surface area contributed by atoms with Gasteiger partial charge >= 0.3 is 5.97 Å². The number of rotatable bonds is 3. The van der Waals surface area contributed by atoms with E-state index in [1.165, 1.54) is 6.20 Å². The van der Waals surface area contributed by atoms with E-state index in [9.17, 15) is 13.6 Å². The fourth-order valence-corrected chi connectivity index (χ4v) is 2.09. The fourth-order valence-electron chi connectivity index (χ4n) is 0.988. The number of hydrogen-bond acceptors (Lipinski definition) is 2. The fraction of sp³-hybridized carbons (Fsp3) is 0.250. The Morgan fingerprint density at radius 2 is 2.27 bits per heavy atom. The molecule has 0 radical (unpaired) electrons. The number of pyridine rings is 1. The van der Waals surface area contributed by atoms with E-state index in [0.717, 1.165) is 0 Å². The normalized spacial score (nSPS) is 10.7. The first-order chi connectivity index (χ1) is 6.93. The van der Waals surface area contributed by atoms with Gasteiger partial charge < -0.3 is 5.11 Å². The molecule has 0 amide bonds. The number of carboxylic acids is 1. The molecule has 1 aromatic rings. The first-order valence-corrected chi connectivity index (χ1v) is 5.22. The Labute approximate surface area is 103 Å². The van der Waals surface area contributed by atoms with Crippen molar-refractivity contribution in [2.75, 3.05) is 0 Å². The third-order valence-electron chi connectivity index (χ3n) is 1.62. The average molecular weight is 347 g/mol. The predicted molar refractivity (Wildman–Crippen MR) is 58.3 cm³/mol. The summed E-state index contributed by atoms with van der Waals surface area (Å²) in [5.74, 6) is -1.16. The lowest BCUT2D eigenvalue weighted by Gasteiger charge is -2.08. The van der Waals surface area contributed by atoms with Gasteiger partial charge in [-0.05, 0) is 22.6 Å². The summed E-state index contributed by atoms with van der Waals surface area (Å²) in [6.45, 7) is 0. The molecule has 1 aromatic heterocycles. The van der Waals surface area contributed by atoms with E-state index in [2.05, 4.69) is 4.98 Å². The van der Waals surface area contributed by atoms with E-state index < -0.39 is 18.8 Å². The summed E-state index contributed by atoms with van der Waals surface area (Å²) in [5, 5.41) is 8.24. The van der Waals surface area contributed by atoms with Crippen LogP contribution < -0.4 is 0 Å². The first kappa shape index (κ1) is 12.6. The Balaban J connectivity index is 3.22. The number of aliphatic carboxylic acids is 1. The van der Waals surface area contributed by atoms with Gasteiger partial charge in [-0.3, -0.25) is 9.78 Å². The van der Waals surface area contributed by atoms with Crippen LogP contribution in [-0.4, -0.2) is 16.1 Å². The number of halogens is 4. The maximum Gasteiger partial charge on any atom is 0.309 e. The van der Waals surface area contributed by atoms with Gasteiger partial charge in [0.2, 0.25) is 0 Å². The Morgan fingerprint density at radius 3 is 2.73 bits per heavy atom. The molecule has 0 spiro atoms. The standard InChI is InChI=1S/C8H5ClF2INO2/c9-7-4(1-5(14)15)13-2-3(12)6(7)8(10)11/h2,8H,1H2,(H,14,15). The number of hydrogen-bond donors (Lipinski definition) is 1. The van der Waals surface area contributed by atoms with Crippen LogP contribution in [0.25, 0.3) is 0 Å². The molecule has 0 aliphatic rings. The van der Waals surface area contributed by atoms with Crippen LogP contribution in [0.5, 0.6) is 0 Å². The second-order valence-electron chi connectivity index (χ2n) is 2.65. The lowest BCUT2D eigenvalue weighted by atomic mass is 10.2. The van der Waals surface area contributed by atoms with Gasteiger partial charge in [-0.2, -0.15) is 0 Å². The summed E-state index contributed by atoms with van der Waals surface area (Å²) in [6.07, 6.45) is -2.01. The van der Waals surface area contributed by atoms with Gasteiger partial charge in [0.15, 0.2) is 0 Å². The molecule has 1 rings (SSSR count). The highest BCUT2D eigenvalue weighted by molar-refractivity contribution is 14.1. The molecule has 1 N–H and O–H groups in total. The van der Waals surface area contributed by atoms with Gasteiger partial charge in [0.25, 0.3) is 6.43 Å². The molecule has 0 aliphatic heterocycles. The average Bonchev–Trinajstić information content (AvgIpc) is 2.09. The highest BCUT2D eigenvalue weighted by atomic mass is 127. The third-order valence-corrected chi connectivity index (χ3v) is 2.90. The van der Waals surface area contributed by atoms with Crippen molar-refractivity contribution in [2.45, 2.75) is 12.8 Å². The summed E-state index contributed by atoms with van der Waals surface area (Å²) in [7, 11) is 0. The minimum Gasteiger partial charge on any atom is -0.481 e.